The van der Waals surface area contributed by atoms with Crippen LogP contribution in [-0.2, 0) is 4.74 Å². The van der Waals surface area contributed by atoms with Crippen molar-refractivity contribution in [3.8, 4) is 0 Å². The summed E-state index contributed by atoms with van der Waals surface area (Å²) in [6, 6.07) is 7.89. The zero-order valence-corrected chi connectivity index (χ0v) is 13.7. The number of anilines is 1. The maximum absolute atomic E-state index is 12.6. The number of ether oxygens (including phenoxy) is 1. The van der Waals surface area contributed by atoms with Crippen molar-refractivity contribution in [3.63, 3.8) is 0 Å². The van der Waals surface area contributed by atoms with Crippen molar-refractivity contribution >= 4 is 11.7 Å². The number of amides is 2. The number of urea groups is 1. The van der Waals surface area contributed by atoms with Crippen molar-refractivity contribution in [1.29, 1.82) is 0 Å². The summed E-state index contributed by atoms with van der Waals surface area (Å²) >= 11 is 0. The van der Waals surface area contributed by atoms with Crippen molar-refractivity contribution < 1.29 is 9.53 Å². The van der Waals surface area contributed by atoms with E-state index in [-0.39, 0.29) is 18.2 Å². The Morgan fingerprint density at radius 3 is 2.52 bits per heavy atom. The van der Waals surface area contributed by atoms with Crippen LogP contribution in [0.15, 0.2) is 24.3 Å². The number of hydrogen-bond acceptors (Lipinski definition) is 3. The van der Waals surface area contributed by atoms with Crippen LogP contribution in [0.25, 0.3) is 0 Å². The van der Waals surface area contributed by atoms with Crippen LogP contribution in [-0.4, -0.2) is 60.8 Å². The number of carbonyl (C=O) groups is 1. The molecule has 0 aromatic heterocycles. The number of hydrogen-bond donors (Lipinski definition) is 1. The second kappa shape index (κ2) is 6.13. The number of carbonyl (C=O) groups excluding carboxylic acids is 1. The predicted octanol–water partition coefficient (Wildman–Crippen LogP) is 2.32. The molecule has 1 saturated carbocycles. The fourth-order valence-electron chi connectivity index (χ4n) is 3.66. The SMILES string of the molecule is Cc1ccccc1NC(=O)N1CC2CN(CC3CC3)CC(C1)O2. The van der Waals surface area contributed by atoms with Crippen LogP contribution in [0.5, 0.6) is 0 Å². The highest BCUT2D eigenvalue weighted by molar-refractivity contribution is 5.90. The van der Waals surface area contributed by atoms with E-state index in [0.29, 0.717) is 13.1 Å². The largest absolute Gasteiger partial charge is 0.369 e. The van der Waals surface area contributed by atoms with Gasteiger partial charge in [0.05, 0.1) is 12.2 Å². The number of morpholine rings is 2. The first-order chi connectivity index (χ1) is 11.2. The summed E-state index contributed by atoms with van der Waals surface area (Å²) in [7, 11) is 0. The Bertz CT molecular complexity index is 573. The van der Waals surface area contributed by atoms with Crippen molar-refractivity contribution in [3.05, 3.63) is 29.8 Å². The fraction of sp³-hybridized carbons (Fsp3) is 0.611. The maximum Gasteiger partial charge on any atom is 0.322 e. The van der Waals surface area contributed by atoms with Gasteiger partial charge >= 0.3 is 6.03 Å². The fourth-order valence-corrected chi connectivity index (χ4v) is 3.66. The van der Waals surface area contributed by atoms with Crippen molar-refractivity contribution in [1.82, 2.24) is 9.80 Å². The zero-order valence-electron chi connectivity index (χ0n) is 13.7. The average Bonchev–Trinajstić information content (AvgIpc) is 3.32. The van der Waals surface area contributed by atoms with Gasteiger partial charge < -0.3 is 15.0 Å². The number of nitrogens with one attached hydrogen (secondary N) is 1. The smallest absolute Gasteiger partial charge is 0.322 e. The molecule has 124 valence electrons. The summed E-state index contributed by atoms with van der Waals surface area (Å²) in [5, 5.41) is 3.04. The van der Waals surface area contributed by atoms with Gasteiger partial charge in [0.15, 0.2) is 0 Å². The molecule has 2 heterocycles. The molecule has 1 aliphatic carbocycles. The summed E-state index contributed by atoms with van der Waals surface area (Å²) in [6.45, 7) is 6.53. The molecule has 5 nitrogen and oxygen atoms in total. The predicted molar refractivity (Wildman–Crippen MR) is 89.6 cm³/mol. The Morgan fingerprint density at radius 1 is 1.17 bits per heavy atom. The van der Waals surface area contributed by atoms with E-state index < -0.39 is 0 Å². The van der Waals surface area contributed by atoms with Crippen LogP contribution in [0.4, 0.5) is 10.5 Å². The number of fused-ring (bicyclic) bond motifs is 2. The van der Waals surface area contributed by atoms with Gasteiger partial charge in [-0.05, 0) is 37.3 Å². The van der Waals surface area contributed by atoms with Gasteiger partial charge in [0.2, 0.25) is 0 Å². The van der Waals surface area contributed by atoms with Crippen LogP contribution in [0.3, 0.4) is 0 Å². The molecule has 23 heavy (non-hydrogen) atoms. The molecule has 1 N–H and O–H groups in total. The lowest BCUT2D eigenvalue weighted by molar-refractivity contribution is -0.128. The minimum Gasteiger partial charge on any atom is -0.369 e. The molecule has 2 amide bonds. The third kappa shape index (κ3) is 3.51. The average molecular weight is 315 g/mol. The minimum absolute atomic E-state index is 0.00626. The summed E-state index contributed by atoms with van der Waals surface area (Å²) in [6.07, 6.45) is 3.09. The van der Waals surface area contributed by atoms with Crippen LogP contribution >= 0.6 is 0 Å². The highest BCUT2D eigenvalue weighted by Crippen LogP contribution is 2.31. The molecule has 0 spiro atoms. The van der Waals surface area contributed by atoms with E-state index in [9.17, 15) is 4.79 Å². The molecule has 1 aromatic carbocycles. The van der Waals surface area contributed by atoms with Gasteiger partial charge in [-0.25, -0.2) is 4.79 Å². The molecule has 3 fully saturated rings. The number of nitrogens with zero attached hydrogens (tertiary/aromatic N) is 2. The molecule has 0 radical (unpaired) electrons. The van der Waals surface area contributed by atoms with Crippen LogP contribution in [0.2, 0.25) is 0 Å². The Balaban J connectivity index is 1.36. The van der Waals surface area contributed by atoms with Crippen molar-refractivity contribution in [2.24, 2.45) is 5.92 Å². The van der Waals surface area contributed by atoms with Crippen LogP contribution in [0.1, 0.15) is 18.4 Å². The number of rotatable bonds is 3. The second-order valence-corrected chi connectivity index (χ2v) is 7.19. The third-order valence-corrected chi connectivity index (χ3v) is 5.04. The van der Waals surface area contributed by atoms with E-state index in [4.69, 9.17) is 4.74 Å². The summed E-state index contributed by atoms with van der Waals surface area (Å²) in [5.41, 5.74) is 1.98. The van der Waals surface area contributed by atoms with E-state index in [2.05, 4.69) is 10.2 Å². The first-order valence-corrected chi connectivity index (χ1v) is 8.67. The Labute approximate surface area is 137 Å². The van der Waals surface area contributed by atoms with E-state index in [1.54, 1.807) is 0 Å². The van der Waals surface area contributed by atoms with E-state index >= 15 is 0 Å². The summed E-state index contributed by atoms with van der Waals surface area (Å²) in [5.74, 6) is 0.911. The summed E-state index contributed by atoms with van der Waals surface area (Å²) < 4.78 is 6.05. The molecule has 3 aliphatic rings. The lowest BCUT2D eigenvalue weighted by Crippen LogP contribution is -2.61. The van der Waals surface area contributed by atoms with Crippen molar-refractivity contribution in [2.45, 2.75) is 32.0 Å². The monoisotopic (exact) mass is 315 g/mol. The Hall–Kier alpha value is -1.59. The van der Waals surface area contributed by atoms with E-state index in [1.165, 1.54) is 19.4 Å². The molecular weight excluding hydrogens is 290 g/mol. The van der Waals surface area contributed by atoms with E-state index in [1.807, 2.05) is 36.1 Å². The highest BCUT2D eigenvalue weighted by atomic mass is 16.5. The Kier molecular flexibility index (Phi) is 3.99. The van der Waals surface area contributed by atoms with Gasteiger partial charge in [-0.15, -0.1) is 0 Å². The standard InChI is InChI=1S/C18H25N3O2/c1-13-4-2-3-5-17(13)19-18(22)21-11-15-9-20(8-14-6-7-14)10-16(12-21)23-15/h2-5,14-16H,6-12H2,1H3,(H,19,22). The van der Waals surface area contributed by atoms with Gasteiger partial charge in [0.25, 0.3) is 0 Å². The quantitative estimate of drug-likeness (QED) is 0.931. The van der Waals surface area contributed by atoms with Crippen LogP contribution < -0.4 is 5.32 Å². The molecule has 2 atom stereocenters. The molecule has 4 rings (SSSR count). The highest BCUT2D eigenvalue weighted by Gasteiger charge is 2.38. The maximum atomic E-state index is 12.6. The lowest BCUT2D eigenvalue weighted by Gasteiger charge is -2.45. The van der Waals surface area contributed by atoms with Crippen LogP contribution in [0, 0.1) is 12.8 Å². The second-order valence-electron chi connectivity index (χ2n) is 7.19. The third-order valence-electron chi connectivity index (χ3n) is 5.04. The van der Waals surface area contributed by atoms with Crippen molar-refractivity contribution in [2.75, 3.05) is 38.0 Å². The molecule has 2 unspecified atom stereocenters. The van der Waals surface area contributed by atoms with E-state index in [0.717, 1.165) is 30.3 Å². The number of para-hydroxylation sites is 1. The topological polar surface area (TPSA) is 44.8 Å². The van der Waals surface area contributed by atoms with Gasteiger partial charge in [-0.3, -0.25) is 4.90 Å². The Morgan fingerprint density at radius 2 is 1.87 bits per heavy atom. The number of aryl methyl sites for hydroxylation is 1. The van der Waals surface area contributed by atoms with Gasteiger partial charge in [-0.1, -0.05) is 18.2 Å². The first-order valence-electron chi connectivity index (χ1n) is 8.67. The lowest BCUT2D eigenvalue weighted by atomic mass is 10.1. The first kappa shape index (κ1) is 15.0. The molecular formula is C18H25N3O2. The number of benzene rings is 1. The molecule has 5 heteroatoms. The summed E-state index contributed by atoms with van der Waals surface area (Å²) in [4.78, 5) is 17.0. The molecule has 2 aliphatic heterocycles. The molecule has 2 saturated heterocycles. The molecule has 1 aromatic rings. The van der Waals surface area contributed by atoms with Gasteiger partial charge in [0.1, 0.15) is 0 Å². The normalized spacial score (nSPS) is 27.8. The zero-order chi connectivity index (χ0) is 15.8. The van der Waals surface area contributed by atoms with Gasteiger partial charge in [0, 0.05) is 38.4 Å². The van der Waals surface area contributed by atoms with Gasteiger partial charge in [-0.2, -0.15) is 0 Å². The minimum atomic E-state index is -0.00626. The molecule has 2 bridgehead atoms.